The van der Waals surface area contributed by atoms with E-state index in [4.69, 9.17) is 16.7 Å². The Balaban J connectivity index is 2.79. The van der Waals surface area contributed by atoms with E-state index in [2.05, 4.69) is 10.3 Å². The van der Waals surface area contributed by atoms with Crippen molar-refractivity contribution in [3.63, 3.8) is 0 Å². The number of amides is 1. The molecule has 1 heterocycles. The second kappa shape index (κ2) is 5.14. The number of hydrogen-bond donors (Lipinski definition) is 2. The molecule has 0 aliphatic carbocycles. The van der Waals surface area contributed by atoms with E-state index in [1.54, 1.807) is 13.8 Å². The number of carbonyl (C=O) groups is 2. The third kappa shape index (κ3) is 4.03. The predicted molar refractivity (Wildman–Crippen MR) is 63.0 cm³/mol. The number of rotatable bonds is 4. The smallest absolute Gasteiger partial charge is 0.305 e. The highest BCUT2D eigenvalue weighted by Crippen LogP contribution is 2.15. The summed E-state index contributed by atoms with van der Waals surface area (Å²) in [5, 5.41) is 11.5. The Morgan fingerprint density at radius 2 is 2.18 bits per heavy atom. The summed E-state index contributed by atoms with van der Waals surface area (Å²) < 4.78 is 0. The Morgan fingerprint density at radius 3 is 2.71 bits per heavy atom. The molecule has 17 heavy (non-hydrogen) atoms. The van der Waals surface area contributed by atoms with Crippen molar-refractivity contribution in [2.75, 3.05) is 0 Å². The molecule has 0 bridgehead atoms. The van der Waals surface area contributed by atoms with E-state index < -0.39 is 17.4 Å². The topological polar surface area (TPSA) is 79.3 Å². The van der Waals surface area contributed by atoms with Crippen LogP contribution in [0.15, 0.2) is 18.5 Å². The molecule has 0 unspecified atom stereocenters. The molecule has 5 nitrogen and oxygen atoms in total. The monoisotopic (exact) mass is 256 g/mol. The average Bonchev–Trinajstić information content (AvgIpc) is 2.14. The minimum Gasteiger partial charge on any atom is -0.481 e. The molecule has 1 aromatic heterocycles. The first-order valence-corrected chi connectivity index (χ1v) is 5.33. The lowest BCUT2D eigenvalue weighted by Crippen LogP contribution is -2.45. The number of carboxylic acids is 1. The predicted octanol–water partition coefficient (Wildman–Crippen LogP) is 1.72. The molecule has 0 saturated heterocycles. The van der Waals surface area contributed by atoms with Crippen LogP contribution in [0.3, 0.4) is 0 Å². The molecule has 0 radical (unpaired) electrons. The van der Waals surface area contributed by atoms with E-state index in [1.165, 1.54) is 18.5 Å². The minimum atomic E-state index is -0.976. The molecule has 1 rings (SSSR count). The molecule has 0 aliphatic rings. The molecule has 0 atom stereocenters. The highest BCUT2D eigenvalue weighted by molar-refractivity contribution is 6.33. The molecule has 0 aromatic carbocycles. The molecule has 0 spiro atoms. The van der Waals surface area contributed by atoms with Gasteiger partial charge in [-0.3, -0.25) is 14.6 Å². The van der Waals surface area contributed by atoms with Crippen molar-refractivity contribution < 1.29 is 14.7 Å². The lowest BCUT2D eigenvalue weighted by Gasteiger charge is -2.24. The van der Waals surface area contributed by atoms with Crippen LogP contribution in [0.2, 0.25) is 5.02 Å². The van der Waals surface area contributed by atoms with Gasteiger partial charge in [-0.25, -0.2) is 0 Å². The largest absolute Gasteiger partial charge is 0.481 e. The first kappa shape index (κ1) is 13.4. The van der Waals surface area contributed by atoms with Crippen molar-refractivity contribution >= 4 is 23.5 Å². The zero-order valence-corrected chi connectivity index (χ0v) is 10.3. The lowest BCUT2D eigenvalue weighted by molar-refractivity contribution is -0.138. The molecule has 92 valence electrons. The van der Waals surface area contributed by atoms with Gasteiger partial charge in [0, 0.05) is 17.9 Å². The number of carboxylic acid groups (broad SMARTS) is 1. The maximum absolute atomic E-state index is 11.8. The zero-order chi connectivity index (χ0) is 13.1. The van der Waals surface area contributed by atoms with Gasteiger partial charge in [0.2, 0.25) is 0 Å². The normalized spacial score (nSPS) is 11.0. The molecular weight excluding hydrogens is 244 g/mol. The fourth-order valence-electron chi connectivity index (χ4n) is 1.36. The summed E-state index contributed by atoms with van der Waals surface area (Å²) in [5.74, 6) is -1.39. The van der Waals surface area contributed by atoms with Crippen LogP contribution in [-0.4, -0.2) is 27.5 Å². The maximum atomic E-state index is 11.8. The van der Waals surface area contributed by atoms with Gasteiger partial charge in [0.15, 0.2) is 0 Å². The van der Waals surface area contributed by atoms with Gasteiger partial charge in [-0.2, -0.15) is 0 Å². The second-order valence-electron chi connectivity index (χ2n) is 4.26. The molecule has 1 aromatic rings. The standard InChI is InChI=1S/C11H13ClN2O3/c1-11(2,5-9(15)16)14-10(17)7-3-4-13-6-8(7)12/h3-4,6H,5H2,1-2H3,(H,14,17)(H,15,16). The zero-order valence-electron chi connectivity index (χ0n) is 9.53. The second-order valence-corrected chi connectivity index (χ2v) is 4.67. The highest BCUT2D eigenvalue weighted by Gasteiger charge is 2.25. The molecular formula is C11H13ClN2O3. The fourth-order valence-corrected chi connectivity index (χ4v) is 1.56. The Morgan fingerprint density at radius 1 is 1.53 bits per heavy atom. The van der Waals surface area contributed by atoms with Gasteiger partial charge in [-0.05, 0) is 19.9 Å². The van der Waals surface area contributed by atoms with Crippen LogP contribution in [-0.2, 0) is 4.79 Å². The molecule has 2 N–H and O–H groups in total. The van der Waals surface area contributed by atoms with Crippen molar-refractivity contribution in [2.45, 2.75) is 25.8 Å². The number of nitrogens with zero attached hydrogens (tertiary/aromatic N) is 1. The molecule has 0 saturated carbocycles. The van der Waals surface area contributed by atoms with Crippen molar-refractivity contribution in [1.29, 1.82) is 0 Å². The molecule has 6 heteroatoms. The van der Waals surface area contributed by atoms with Gasteiger partial charge in [0.05, 0.1) is 17.0 Å². The van der Waals surface area contributed by atoms with Crippen molar-refractivity contribution in [2.24, 2.45) is 0 Å². The Bertz CT molecular complexity index is 446. The number of halogens is 1. The average molecular weight is 257 g/mol. The van der Waals surface area contributed by atoms with Crippen LogP contribution in [0.1, 0.15) is 30.6 Å². The summed E-state index contributed by atoms with van der Waals surface area (Å²) in [6, 6.07) is 1.48. The number of hydrogen-bond acceptors (Lipinski definition) is 3. The number of aliphatic carboxylic acids is 1. The first-order chi connectivity index (χ1) is 7.82. The van der Waals surface area contributed by atoms with Gasteiger partial charge >= 0.3 is 5.97 Å². The number of aromatic nitrogens is 1. The van der Waals surface area contributed by atoms with E-state index in [9.17, 15) is 9.59 Å². The molecule has 0 aliphatic heterocycles. The summed E-state index contributed by atoms with van der Waals surface area (Å²) in [6.45, 7) is 3.27. The third-order valence-corrected chi connectivity index (χ3v) is 2.36. The van der Waals surface area contributed by atoms with Crippen LogP contribution >= 0.6 is 11.6 Å². The first-order valence-electron chi connectivity index (χ1n) is 4.96. The Labute approximate surface area is 104 Å². The summed E-state index contributed by atoms with van der Waals surface area (Å²) in [6.07, 6.45) is 2.65. The van der Waals surface area contributed by atoms with Crippen molar-refractivity contribution in [3.8, 4) is 0 Å². The van der Waals surface area contributed by atoms with Crippen LogP contribution in [0.4, 0.5) is 0 Å². The van der Waals surface area contributed by atoms with E-state index in [-0.39, 0.29) is 17.0 Å². The van der Waals surface area contributed by atoms with Gasteiger partial charge in [-0.15, -0.1) is 0 Å². The van der Waals surface area contributed by atoms with E-state index in [0.717, 1.165) is 0 Å². The van der Waals surface area contributed by atoms with E-state index in [0.29, 0.717) is 0 Å². The molecule has 1 amide bonds. The Kier molecular flexibility index (Phi) is 4.07. The van der Waals surface area contributed by atoms with Gasteiger partial charge in [0.25, 0.3) is 5.91 Å². The number of nitrogens with one attached hydrogen (secondary N) is 1. The number of pyridine rings is 1. The summed E-state index contributed by atoms with van der Waals surface area (Å²) in [4.78, 5) is 26.2. The van der Waals surface area contributed by atoms with Gasteiger partial charge in [-0.1, -0.05) is 11.6 Å². The quantitative estimate of drug-likeness (QED) is 0.860. The fraction of sp³-hybridized carbons (Fsp3) is 0.364. The maximum Gasteiger partial charge on any atom is 0.305 e. The van der Waals surface area contributed by atoms with Crippen molar-refractivity contribution in [3.05, 3.63) is 29.0 Å². The van der Waals surface area contributed by atoms with Crippen LogP contribution < -0.4 is 5.32 Å². The Hall–Kier alpha value is -1.62. The van der Waals surface area contributed by atoms with Gasteiger partial charge in [0.1, 0.15) is 0 Å². The highest BCUT2D eigenvalue weighted by atomic mass is 35.5. The minimum absolute atomic E-state index is 0.165. The third-order valence-electron chi connectivity index (χ3n) is 2.06. The van der Waals surface area contributed by atoms with E-state index >= 15 is 0 Å². The summed E-state index contributed by atoms with van der Waals surface area (Å²) in [5.41, 5.74) is -0.560. The van der Waals surface area contributed by atoms with Crippen LogP contribution in [0.25, 0.3) is 0 Å². The number of carbonyl (C=O) groups excluding carboxylic acids is 1. The van der Waals surface area contributed by atoms with Crippen LogP contribution in [0.5, 0.6) is 0 Å². The SMILES string of the molecule is CC(C)(CC(=O)O)NC(=O)c1ccncc1Cl. The molecule has 0 fully saturated rings. The van der Waals surface area contributed by atoms with E-state index in [1.807, 2.05) is 0 Å². The van der Waals surface area contributed by atoms with Crippen molar-refractivity contribution in [1.82, 2.24) is 10.3 Å². The van der Waals surface area contributed by atoms with Gasteiger partial charge < -0.3 is 10.4 Å². The van der Waals surface area contributed by atoms with Crippen LogP contribution in [0, 0.1) is 0 Å². The summed E-state index contributed by atoms with van der Waals surface area (Å²) >= 11 is 5.81. The lowest BCUT2D eigenvalue weighted by atomic mass is 10.0. The summed E-state index contributed by atoms with van der Waals surface area (Å²) in [7, 11) is 0.